The second-order valence-electron chi connectivity index (χ2n) is 7.94. The van der Waals surface area contributed by atoms with Crippen LogP contribution in [0.5, 0.6) is 0 Å². The summed E-state index contributed by atoms with van der Waals surface area (Å²) in [6, 6.07) is 8.51. The zero-order valence-corrected chi connectivity index (χ0v) is 15.4. The van der Waals surface area contributed by atoms with E-state index in [4.69, 9.17) is 9.47 Å². The molecule has 0 N–H and O–H groups in total. The maximum Gasteiger partial charge on any atom is 0.178 e. The first-order chi connectivity index (χ1) is 12.5. The summed E-state index contributed by atoms with van der Waals surface area (Å²) >= 11 is 0. The van der Waals surface area contributed by atoms with Crippen LogP contribution in [-0.4, -0.2) is 28.3 Å². The van der Waals surface area contributed by atoms with Crippen molar-refractivity contribution in [2.45, 2.75) is 45.0 Å². The summed E-state index contributed by atoms with van der Waals surface area (Å²) in [4.78, 5) is 0. The summed E-state index contributed by atoms with van der Waals surface area (Å²) in [6.45, 7) is 8.85. The van der Waals surface area contributed by atoms with Crippen LogP contribution in [0, 0.1) is 12.3 Å². The van der Waals surface area contributed by atoms with E-state index in [1.807, 2.05) is 12.3 Å². The molecule has 1 aliphatic heterocycles. The molecule has 134 valence electrons. The van der Waals surface area contributed by atoms with Gasteiger partial charge in [-0.25, -0.2) is 4.68 Å². The zero-order valence-electron chi connectivity index (χ0n) is 15.4. The number of benzene rings is 1. The Morgan fingerprint density at radius 1 is 1.31 bits per heavy atom. The van der Waals surface area contributed by atoms with Crippen molar-refractivity contribution >= 4 is 6.08 Å². The number of fused-ring (bicyclic) bond motifs is 3. The topological polar surface area (TPSA) is 36.3 Å². The second-order valence-corrected chi connectivity index (χ2v) is 7.94. The number of hydrogen-bond acceptors (Lipinski definition) is 3. The van der Waals surface area contributed by atoms with Crippen LogP contribution >= 0.6 is 0 Å². The molecule has 1 aromatic heterocycles. The average molecular weight is 348 g/mol. The van der Waals surface area contributed by atoms with E-state index in [-0.39, 0.29) is 11.5 Å². The molecule has 2 aliphatic carbocycles. The van der Waals surface area contributed by atoms with Gasteiger partial charge in [0.1, 0.15) is 6.10 Å². The number of aromatic nitrogens is 2. The van der Waals surface area contributed by atoms with Gasteiger partial charge >= 0.3 is 0 Å². The lowest BCUT2D eigenvalue weighted by Crippen LogP contribution is -2.46. The molecule has 3 aliphatic rings. The third kappa shape index (κ3) is 2.06. The molecule has 26 heavy (non-hydrogen) atoms. The minimum atomic E-state index is -0.526. The molecule has 2 aromatic rings. The van der Waals surface area contributed by atoms with E-state index in [0.29, 0.717) is 6.61 Å². The molecular formula is C22H24N2O2. The molecule has 4 heteroatoms. The van der Waals surface area contributed by atoms with E-state index in [2.05, 4.69) is 60.5 Å². The fourth-order valence-corrected chi connectivity index (χ4v) is 4.76. The lowest BCUT2D eigenvalue weighted by Gasteiger charge is -2.41. The van der Waals surface area contributed by atoms with Crippen molar-refractivity contribution < 1.29 is 9.47 Å². The predicted octanol–water partition coefficient (Wildman–Crippen LogP) is 4.22. The van der Waals surface area contributed by atoms with Crippen molar-refractivity contribution in [2.75, 3.05) is 6.61 Å². The molecule has 1 spiro atoms. The van der Waals surface area contributed by atoms with Crippen molar-refractivity contribution in [1.29, 1.82) is 0 Å². The standard InChI is InChI=1S/C22H24N2O2/c1-4-19-14-25-22(26-19)10-9-17-11-20-16(12-21(17,22)3)13-23-24(20)18-7-5-15(2)6-8-18/h4-8,11,13,19H,1,9-10,12,14H2,2-3H3/t19?,21-,22-/m0/s1. The highest BCUT2D eigenvalue weighted by Crippen LogP contribution is 2.59. The lowest BCUT2D eigenvalue weighted by molar-refractivity contribution is -0.214. The van der Waals surface area contributed by atoms with E-state index >= 15 is 0 Å². The van der Waals surface area contributed by atoms with Crippen LogP contribution in [0.3, 0.4) is 0 Å². The van der Waals surface area contributed by atoms with Gasteiger partial charge in [-0.1, -0.05) is 36.3 Å². The molecular weight excluding hydrogens is 324 g/mol. The van der Waals surface area contributed by atoms with E-state index in [0.717, 1.165) is 24.9 Å². The van der Waals surface area contributed by atoms with Crippen LogP contribution in [-0.2, 0) is 15.9 Å². The highest BCUT2D eigenvalue weighted by molar-refractivity contribution is 5.62. The Labute approximate surface area is 154 Å². The fraction of sp³-hybridized carbons (Fsp3) is 0.409. The fourth-order valence-electron chi connectivity index (χ4n) is 4.76. The largest absolute Gasteiger partial charge is 0.346 e. The first-order valence-electron chi connectivity index (χ1n) is 9.34. The molecule has 1 unspecified atom stereocenters. The Bertz CT molecular complexity index is 911. The van der Waals surface area contributed by atoms with Crippen molar-refractivity contribution in [3.05, 3.63) is 65.5 Å². The minimum Gasteiger partial charge on any atom is -0.346 e. The summed E-state index contributed by atoms with van der Waals surface area (Å²) in [6.07, 6.45) is 8.95. The van der Waals surface area contributed by atoms with Crippen molar-refractivity contribution in [2.24, 2.45) is 5.41 Å². The number of aryl methyl sites for hydroxylation is 1. The first-order valence-corrected chi connectivity index (χ1v) is 9.34. The van der Waals surface area contributed by atoms with Crippen LogP contribution in [0.25, 0.3) is 11.8 Å². The van der Waals surface area contributed by atoms with Crippen molar-refractivity contribution in [3.8, 4) is 5.69 Å². The number of hydrogen-bond donors (Lipinski definition) is 0. The molecule has 5 rings (SSSR count). The highest BCUT2D eigenvalue weighted by atomic mass is 16.7. The van der Waals surface area contributed by atoms with Gasteiger partial charge in [0.25, 0.3) is 0 Å². The van der Waals surface area contributed by atoms with E-state index < -0.39 is 5.79 Å². The van der Waals surface area contributed by atoms with E-state index in [9.17, 15) is 0 Å². The first kappa shape index (κ1) is 16.0. The van der Waals surface area contributed by atoms with Gasteiger partial charge in [-0.2, -0.15) is 5.10 Å². The Kier molecular flexibility index (Phi) is 3.34. The zero-order chi connectivity index (χ0) is 17.9. The molecule has 1 saturated carbocycles. The maximum absolute atomic E-state index is 6.34. The van der Waals surface area contributed by atoms with E-state index in [1.54, 1.807) is 0 Å². The monoisotopic (exact) mass is 348 g/mol. The quantitative estimate of drug-likeness (QED) is 0.763. The molecule has 1 aromatic carbocycles. The molecule has 0 amide bonds. The van der Waals surface area contributed by atoms with Crippen LogP contribution in [0.4, 0.5) is 0 Å². The van der Waals surface area contributed by atoms with Gasteiger partial charge in [0.2, 0.25) is 0 Å². The molecule has 0 radical (unpaired) electrons. The van der Waals surface area contributed by atoms with Crippen LogP contribution in [0.2, 0.25) is 0 Å². The molecule has 3 atom stereocenters. The average Bonchev–Trinajstić information content (AvgIpc) is 3.31. The van der Waals surface area contributed by atoms with Crippen LogP contribution < -0.4 is 0 Å². The van der Waals surface area contributed by atoms with Crippen molar-refractivity contribution in [1.82, 2.24) is 9.78 Å². The summed E-state index contributed by atoms with van der Waals surface area (Å²) < 4.78 is 14.6. The summed E-state index contributed by atoms with van der Waals surface area (Å²) in [5.41, 5.74) is 6.07. The predicted molar refractivity (Wildman–Crippen MR) is 101 cm³/mol. The normalized spacial score (nSPS) is 32.4. The maximum atomic E-state index is 6.34. The Morgan fingerprint density at radius 2 is 2.12 bits per heavy atom. The molecule has 2 fully saturated rings. The molecule has 4 nitrogen and oxygen atoms in total. The second kappa shape index (κ2) is 5.41. The Hall–Kier alpha value is -2.17. The third-order valence-corrected chi connectivity index (χ3v) is 6.38. The van der Waals surface area contributed by atoms with Gasteiger partial charge in [-0.05, 0) is 43.5 Å². The van der Waals surface area contributed by atoms with Gasteiger partial charge in [-0.3, -0.25) is 0 Å². The minimum absolute atomic E-state index is 0.0112. The number of nitrogens with zero attached hydrogens (tertiary/aromatic N) is 2. The Balaban J connectivity index is 1.55. The summed E-state index contributed by atoms with van der Waals surface area (Å²) in [7, 11) is 0. The van der Waals surface area contributed by atoms with Gasteiger partial charge < -0.3 is 9.47 Å². The smallest absolute Gasteiger partial charge is 0.178 e. The summed E-state index contributed by atoms with van der Waals surface area (Å²) in [5, 5.41) is 4.68. The Morgan fingerprint density at radius 3 is 2.85 bits per heavy atom. The molecule has 2 heterocycles. The third-order valence-electron chi connectivity index (χ3n) is 6.38. The van der Waals surface area contributed by atoms with Gasteiger partial charge in [0.05, 0.1) is 24.2 Å². The molecule has 0 bridgehead atoms. The number of ether oxygens (including phenoxy) is 2. The van der Waals surface area contributed by atoms with Gasteiger partial charge in [0.15, 0.2) is 5.79 Å². The van der Waals surface area contributed by atoms with Gasteiger partial charge in [-0.15, -0.1) is 6.58 Å². The highest BCUT2D eigenvalue weighted by Gasteiger charge is 2.61. The summed E-state index contributed by atoms with van der Waals surface area (Å²) in [5.74, 6) is -0.526. The van der Waals surface area contributed by atoms with Crippen LogP contribution in [0.1, 0.15) is 36.6 Å². The SMILES string of the molecule is C=CC1CO[C@@]2(CCC3=Cc4c(cnn4-c4ccc(C)cc4)C[C@@]32C)O1. The van der Waals surface area contributed by atoms with E-state index in [1.165, 1.54) is 22.4 Å². The lowest BCUT2D eigenvalue weighted by atomic mass is 9.72. The van der Waals surface area contributed by atoms with Crippen molar-refractivity contribution in [3.63, 3.8) is 0 Å². The van der Waals surface area contributed by atoms with Crippen LogP contribution in [0.15, 0.2) is 48.7 Å². The molecule has 1 saturated heterocycles. The number of rotatable bonds is 2. The van der Waals surface area contributed by atoms with Gasteiger partial charge in [0, 0.05) is 11.8 Å².